The summed E-state index contributed by atoms with van der Waals surface area (Å²) in [6.07, 6.45) is 0.807. The van der Waals surface area contributed by atoms with Crippen LogP contribution in [0.3, 0.4) is 0 Å². The fourth-order valence-electron chi connectivity index (χ4n) is 2.83. The van der Waals surface area contributed by atoms with Crippen molar-refractivity contribution >= 4 is 11.8 Å². The highest BCUT2D eigenvalue weighted by molar-refractivity contribution is 8.00. The zero-order valence-corrected chi connectivity index (χ0v) is 14.2. The Labute approximate surface area is 133 Å². The number of nitrogens with one attached hydrogen (secondary N) is 1. The lowest BCUT2D eigenvalue weighted by Crippen LogP contribution is -2.45. The van der Waals surface area contributed by atoms with Crippen molar-refractivity contribution in [2.75, 3.05) is 32.8 Å². The van der Waals surface area contributed by atoms with Crippen LogP contribution in [0.25, 0.3) is 0 Å². The fourth-order valence-corrected chi connectivity index (χ4v) is 3.96. The van der Waals surface area contributed by atoms with Gasteiger partial charge in [0, 0.05) is 48.5 Å². The van der Waals surface area contributed by atoms with E-state index in [9.17, 15) is 5.11 Å². The van der Waals surface area contributed by atoms with Gasteiger partial charge in [-0.15, -0.1) is 11.8 Å². The van der Waals surface area contributed by atoms with Gasteiger partial charge in [-0.3, -0.25) is 4.90 Å². The molecule has 21 heavy (non-hydrogen) atoms. The molecule has 118 valence electrons. The van der Waals surface area contributed by atoms with Crippen molar-refractivity contribution in [1.29, 1.82) is 0 Å². The van der Waals surface area contributed by atoms with Gasteiger partial charge in [-0.25, -0.2) is 0 Å². The topological polar surface area (TPSA) is 35.5 Å². The van der Waals surface area contributed by atoms with Crippen LogP contribution in [0.2, 0.25) is 0 Å². The van der Waals surface area contributed by atoms with E-state index >= 15 is 0 Å². The summed E-state index contributed by atoms with van der Waals surface area (Å²) in [6, 6.07) is 9.01. The lowest BCUT2D eigenvalue weighted by Gasteiger charge is -2.36. The van der Waals surface area contributed by atoms with Crippen molar-refractivity contribution in [3.8, 4) is 0 Å². The molecule has 1 aliphatic rings. The number of piperazine rings is 1. The van der Waals surface area contributed by atoms with Gasteiger partial charge in [-0.2, -0.15) is 0 Å². The van der Waals surface area contributed by atoms with Crippen LogP contribution >= 0.6 is 11.8 Å². The molecule has 1 aliphatic heterocycles. The molecule has 1 atom stereocenters. The molecule has 0 spiro atoms. The number of rotatable bonds is 5. The molecule has 0 radical (unpaired) electrons. The zero-order chi connectivity index (χ0) is 15.3. The van der Waals surface area contributed by atoms with Gasteiger partial charge in [0.1, 0.15) is 0 Å². The first kappa shape index (κ1) is 16.8. The highest BCUT2D eigenvalue weighted by Crippen LogP contribution is 2.38. The van der Waals surface area contributed by atoms with E-state index in [4.69, 9.17) is 0 Å². The van der Waals surface area contributed by atoms with Gasteiger partial charge < -0.3 is 10.4 Å². The summed E-state index contributed by atoms with van der Waals surface area (Å²) in [7, 11) is 0. The number of nitrogens with zero attached hydrogens (tertiary/aromatic N) is 1. The Kier molecular flexibility index (Phi) is 6.11. The SMILES string of the molecule is CC(C)(C)Sc1ccccc1[C@H](CCO)N1CCNCC1. The second-order valence-electron chi connectivity index (χ2n) is 6.57. The summed E-state index contributed by atoms with van der Waals surface area (Å²) in [5.41, 5.74) is 1.37. The van der Waals surface area contributed by atoms with Gasteiger partial charge in [-0.1, -0.05) is 39.0 Å². The van der Waals surface area contributed by atoms with Gasteiger partial charge in [0.2, 0.25) is 0 Å². The van der Waals surface area contributed by atoms with Gasteiger partial charge >= 0.3 is 0 Å². The maximum Gasteiger partial charge on any atom is 0.0449 e. The van der Waals surface area contributed by atoms with Crippen LogP contribution in [0.5, 0.6) is 0 Å². The Bertz CT molecular complexity index is 439. The van der Waals surface area contributed by atoms with Crippen LogP contribution in [0, 0.1) is 0 Å². The highest BCUT2D eigenvalue weighted by atomic mass is 32.2. The van der Waals surface area contributed by atoms with E-state index in [-0.39, 0.29) is 11.4 Å². The van der Waals surface area contributed by atoms with Gasteiger partial charge in [0.15, 0.2) is 0 Å². The van der Waals surface area contributed by atoms with E-state index in [1.54, 1.807) is 0 Å². The second kappa shape index (κ2) is 7.63. The molecule has 2 N–H and O–H groups in total. The number of hydrogen-bond donors (Lipinski definition) is 2. The Morgan fingerprint density at radius 1 is 1.24 bits per heavy atom. The van der Waals surface area contributed by atoms with Crippen molar-refractivity contribution in [3.63, 3.8) is 0 Å². The van der Waals surface area contributed by atoms with Gasteiger partial charge in [0.05, 0.1) is 0 Å². The van der Waals surface area contributed by atoms with Crippen LogP contribution in [-0.2, 0) is 0 Å². The largest absolute Gasteiger partial charge is 0.396 e. The third-order valence-electron chi connectivity index (χ3n) is 3.69. The minimum Gasteiger partial charge on any atom is -0.396 e. The number of hydrogen-bond acceptors (Lipinski definition) is 4. The van der Waals surface area contributed by atoms with Crippen molar-refractivity contribution in [3.05, 3.63) is 29.8 Å². The minimum atomic E-state index is 0.198. The molecule has 0 aliphatic carbocycles. The third kappa shape index (κ3) is 4.99. The second-order valence-corrected chi connectivity index (χ2v) is 8.44. The number of benzene rings is 1. The maximum absolute atomic E-state index is 9.50. The highest BCUT2D eigenvalue weighted by Gasteiger charge is 2.25. The van der Waals surface area contributed by atoms with Crippen LogP contribution in [-0.4, -0.2) is 47.5 Å². The Balaban J connectivity index is 2.26. The number of aliphatic hydroxyl groups excluding tert-OH is 1. The summed E-state index contributed by atoms with van der Waals surface area (Å²) < 4.78 is 0.198. The van der Waals surface area contributed by atoms with Gasteiger partial charge in [-0.05, 0) is 18.1 Å². The smallest absolute Gasteiger partial charge is 0.0449 e. The third-order valence-corrected chi connectivity index (χ3v) is 4.89. The Morgan fingerprint density at radius 3 is 2.52 bits per heavy atom. The van der Waals surface area contributed by atoms with Gasteiger partial charge in [0.25, 0.3) is 0 Å². The first-order chi connectivity index (χ1) is 10.0. The average molecular weight is 308 g/mol. The molecule has 0 aromatic heterocycles. The summed E-state index contributed by atoms with van der Waals surface area (Å²) in [5, 5.41) is 12.9. The molecule has 4 heteroatoms. The lowest BCUT2D eigenvalue weighted by molar-refractivity contribution is 0.139. The molecule has 1 heterocycles. The van der Waals surface area contributed by atoms with E-state index < -0.39 is 0 Å². The summed E-state index contributed by atoms with van der Waals surface area (Å²) in [5.74, 6) is 0. The molecular weight excluding hydrogens is 280 g/mol. The summed E-state index contributed by atoms with van der Waals surface area (Å²) in [6.45, 7) is 11.2. The minimum absolute atomic E-state index is 0.198. The molecule has 1 fully saturated rings. The molecule has 1 saturated heterocycles. The lowest BCUT2D eigenvalue weighted by atomic mass is 10.0. The molecule has 3 nitrogen and oxygen atoms in total. The van der Waals surface area contributed by atoms with Crippen molar-refractivity contribution < 1.29 is 5.11 Å². The number of thioether (sulfide) groups is 1. The van der Waals surface area contributed by atoms with Crippen molar-refractivity contribution in [1.82, 2.24) is 10.2 Å². The normalized spacial score (nSPS) is 18.7. The van der Waals surface area contributed by atoms with E-state index in [1.165, 1.54) is 10.5 Å². The zero-order valence-electron chi connectivity index (χ0n) is 13.4. The molecular formula is C17H28N2OS. The fraction of sp³-hybridized carbons (Fsp3) is 0.647. The quantitative estimate of drug-likeness (QED) is 0.820. The molecule has 0 saturated carbocycles. The summed E-state index contributed by atoms with van der Waals surface area (Å²) in [4.78, 5) is 3.86. The Morgan fingerprint density at radius 2 is 1.90 bits per heavy atom. The average Bonchev–Trinajstić information content (AvgIpc) is 2.45. The van der Waals surface area contributed by atoms with Crippen LogP contribution in [0.4, 0.5) is 0 Å². The monoisotopic (exact) mass is 308 g/mol. The molecule has 0 unspecified atom stereocenters. The van der Waals surface area contributed by atoms with Crippen LogP contribution < -0.4 is 5.32 Å². The molecule has 0 bridgehead atoms. The molecule has 1 aromatic carbocycles. The van der Waals surface area contributed by atoms with E-state index in [0.29, 0.717) is 6.04 Å². The Hall–Kier alpha value is -0.550. The predicted octanol–water partition coefficient (Wildman–Crippen LogP) is 2.91. The predicted molar refractivity (Wildman–Crippen MR) is 90.9 cm³/mol. The standard InChI is InChI=1S/C17H28N2OS/c1-17(2,3)21-16-7-5-4-6-14(16)15(8-13-20)19-11-9-18-10-12-19/h4-7,15,18,20H,8-13H2,1-3H3/t15-/m0/s1. The molecule has 0 amide bonds. The van der Waals surface area contributed by atoms with E-state index in [0.717, 1.165) is 32.6 Å². The summed E-state index contributed by atoms with van der Waals surface area (Å²) >= 11 is 1.92. The first-order valence-electron chi connectivity index (χ1n) is 7.85. The van der Waals surface area contributed by atoms with E-state index in [2.05, 4.69) is 55.3 Å². The van der Waals surface area contributed by atoms with Crippen LogP contribution in [0.1, 0.15) is 38.8 Å². The van der Waals surface area contributed by atoms with Crippen molar-refractivity contribution in [2.45, 2.75) is 42.9 Å². The molecule has 2 rings (SSSR count). The maximum atomic E-state index is 9.50. The molecule has 1 aromatic rings. The first-order valence-corrected chi connectivity index (χ1v) is 8.66. The van der Waals surface area contributed by atoms with E-state index in [1.807, 2.05) is 11.8 Å². The number of aliphatic hydroxyl groups is 1. The van der Waals surface area contributed by atoms with Crippen molar-refractivity contribution in [2.24, 2.45) is 0 Å². The van der Waals surface area contributed by atoms with Crippen LogP contribution in [0.15, 0.2) is 29.2 Å².